The number of ether oxygens (including phenoxy) is 1. The quantitative estimate of drug-likeness (QED) is 0.790. The Bertz CT molecular complexity index is 750. The van der Waals surface area contributed by atoms with Gasteiger partial charge in [-0.3, -0.25) is 9.69 Å². The molecule has 0 heterocycles. The molecule has 0 unspecified atom stereocenters. The largest absolute Gasteiger partial charge is 0.495 e. The summed E-state index contributed by atoms with van der Waals surface area (Å²) in [5.41, 5.74) is 0.829. The minimum atomic E-state index is -0.528. The molecule has 1 atom stereocenters. The third kappa shape index (κ3) is 4.84. The van der Waals surface area contributed by atoms with E-state index >= 15 is 0 Å². The van der Waals surface area contributed by atoms with Crippen LogP contribution in [0.25, 0.3) is 0 Å². The van der Waals surface area contributed by atoms with Gasteiger partial charge in [0.05, 0.1) is 18.8 Å². The molecule has 0 aromatic heterocycles. The average Bonchev–Trinajstić information content (AvgIpc) is 2.57. The monoisotopic (exact) mass is 384 g/mol. The van der Waals surface area contributed by atoms with Gasteiger partial charge in [-0.05, 0) is 44.3 Å². The van der Waals surface area contributed by atoms with E-state index in [2.05, 4.69) is 5.32 Å². The van der Waals surface area contributed by atoms with Crippen molar-refractivity contribution in [3.05, 3.63) is 57.8 Å². The SMILES string of the molecule is COc1ccc(Cl)cc1NC(=O)[C@H](C)N(C)Cc1c(F)cccc1Cl. The molecule has 0 aliphatic rings. The molecule has 0 bridgehead atoms. The van der Waals surface area contributed by atoms with Crippen LogP contribution in [0.2, 0.25) is 10.0 Å². The van der Waals surface area contributed by atoms with Crippen LogP contribution in [0.4, 0.5) is 10.1 Å². The summed E-state index contributed by atoms with van der Waals surface area (Å²) in [5.74, 6) is -0.163. The van der Waals surface area contributed by atoms with Gasteiger partial charge < -0.3 is 10.1 Å². The van der Waals surface area contributed by atoms with Crippen molar-refractivity contribution in [1.82, 2.24) is 4.90 Å². The lowest BCUT2D eigenvalue weighted by molar-refractivity contribution is -0.120. The summed E-state index contributed by atoms with van der Waals surface area (Å²) < 4.78 is 19.1. The summed E-state index contributed by atoms with van der Waals surface area (Å²) in [4.78, 5) is 14.2. The van der Waals surface area contributed by atoms with Gasteiger partial charge in [-0.1, -0.05) is 29.3 Å². The predicted molar refractivity (Wildman–Crippen MR) is 99.0 cm³/mol. The number of nitrogens with one attached hydrogen (secondary N) is 1. The van der Waals surface area contributed by atoms with E-state index in [1.807, 2.05) is 0 Å². The smallest absolute Gasteiger partial charge is 0.241 e. The minimum absolute atomic E-state index is 0.201. The highest BCUT2D eigenvalue weighted by molar-refractivity contribution is 6.31. The summed E-state index contributed by atoms with van der Waals surface area (Å²) in [7, 11) is 3.23. The second kappa shape index (κ2) is 8.52. The molecule has 134 valence electrons. The summed E-state index contributed by atoms with van der Waals surface area (Å²) in [6, 6.07) is 8.93. The highest BCUT2D eigenvalue weighted by Gasteiger charge is 2.21. The molecule has 2 aromatic carbocycles. The molecular formula is C18H19Cl2FN2O2. The topological polar surface area (TPSA) is 41.6 Å². The highest BCUT2D eigenvalue weighted by atomic mass is 35.5. The Morgan fingerprint density at radius 1 is 1.32 bits per heavy atom. The first-order valence-corrected chi connectivity index (χ1v) is 8.36. The van der Waals surface area contributed by atoms with Gasteiger partial charge in [0.25, 0.3) is 0 Å². The maximum atomic E-state index is 13.9. The summed E-state index contributed by atoms with van der Waals surface area (Å²) in [6.07, 6.45) is 0. The third-order valence-corrected chi connectivity index (χ3v) is 4.52. The summed E-state index contributed by atoms with van der Waals surface area (Å²) in [5, 5.41) is 3.59. The number of likely N-dealkylation sites (N-methyl/N-ethyl adjacent to an activating group) is 1. The Morgan fingerprint density at radius 3 is 2.68 bits per heavy atom. The number of anilines is 1. The van der Waals surface area contributed by atoms with Crippen molar-refractivity contribution in [3.8, 4) is 5.75 Å². The maximum Gasteiger partial charge on any atom is 0.241 e. The number of carbonyl (C=O) groups excluding carboxylic acids is 1. The minimum Gasteiger partial charge on any atom is -0.495 e. The highest BCUT2D eigenvalue weighted by Crippen LogP contribution is 2.28. The van der Waals surface area contributed by atoms with Crippen molar-refractivity contribution in [1.29, 1.82) is 0 Å². The average molecular weight is 385 g/mol. The second-order valence-electron chi connectivity index (χ2n) is 5.63. The molecule has 2 aromatic rings. The van der Waals surface area contributed by atoms with Crippen LogP contribution in [0, 0.1) is 5.82 Å². The fraction of sp³-hybridized carbons (Fsp3) is 0.278. The van der Waals surface area contributed by atoms with Crippen LogP contribution in [0.3, 0.4) is 0 Å². The van der Waals surface area contributed by atoms with Crippen molar-refractivity contribution in [2.75, 3.05) is 19.5 Å². The zero-order chi connectivity index (χ0) is 18.6. The first-order valence-electron chi connectivity index (χ1n) is 7.61. The van der Waals surface area contributed by atoms with E-state index in [1.165, 1.54) is 13.2 Å². The Balaban J connectivity index is 2.10. The van der Waals surface area contributed by atoms with Crippen molar-refractivity contribution < 1.29 is 13.9 Å². The Morgan fingerprint density at radius 2 is 2.04 bits per heavy atom. The zero-order valence-electron chi connectivity index (χ0n) is 14.1. The molecule has 0 saturated heterocycles. The van der Waals surface area contributed by atoms with Crippen LogP contribution in [-0.2, 0) is 11.3 Å². The van der Waals surface area contributed by atoms with Crippen molar-refractivity contribution in [2.45, 2.75) is 19.5 Å². The number of halogens is 3. The van der Waals surface area contributed by atoms with Crippen molar-refractivity contribution in [2.24, 2.45) is 0 Å². The van der Waals surface area contributed by atoms with Crippen LogP contribution in [0.5, 0.6) is 5.75 Å². The van der Waals surface area contributed by atoms with Crippen molar-refractivity contribution in [3.63, 3.8) is 0 Å². The first kappa shape index (κ1) is 19.5. The van der Waals surface area contributed by atoms with E-state index in [1.54, 1.807) is 49.2 Å². The standard InChI is InChI=1S/C18H19Cl2FN2O2/c1-11(23(2)10-13-14(20)5-4-6-15(13)21)18(24)22-16-9-12(19)7-8-17(16)25-3/h4-9,11H,10H2,1-3H3,(H,22,24)/t11-/m0/s1. The molecule has 0 saturated carbocycles. The number of amides is 1. The Kier molecular flexibility index (Phi) is 6.64. The van der Waals surface area contributed by atoms with E-state index in [9.17, 15) is 9.18 Å². The van der Waals surface area contributed by atoms with Crippen molar-refractivity contribution >= 4 is 34.8 Å². The van der Waals surface area contributed by atoms with Gasteiger partial charge in [0.15, 0.2) is 0 Å². The summed E-state index contributed by atoms with van der Waals surface area (Å²) in [6.45, 7) is 1.92. The normalized spacial score (nSPS) is 12.1. The van der Waals surface area contributed by atoms with Gasteiger partial charge in [0.2, 0.25) is 5.91 Å². The number of hydrogen-bond acceptors (Lipinski definition) is 3. The molecule has 4 nitrogen and oxygen atoms in total. The lowest BCUT2D eigenvalue weighted by Crippen LogP contribution is -2.39. The van der Waals surface area contributed by atoms with Gasteiger partial charge in [0, 0.05) is 22.2 Å². The van der Waals surface area contributed by atoms with Crippen LogP contribution < -0.4 is 10.1 Å². The molecule has 0 spiro atoms. The van der Waals surface area contributed by atoms with Gasteiger partial charge in [-0.25, -0.2) is 4.39 Å². The lowest BCUT2D eigenvalue weighted by atomic mass is 10.1. The number of benzene rings is 2. The lowest BCUT2D eigenvalue weighted by Gasteiger charge is -2.25. The van der Waals surface area contributed by atoms with Gasteiger partial charge >= 0.3 is 0 Å². The molecule has 7 heteroatoms. The maximum absolute atomic E-state index is 13.9. The molecule has 0 aliphatic carbocycles. The van der Waals surface area contributed by atoms with Crippen LogP contribution in [-0.4, -0.2) is 31.0 Å². The number of rotatable bonds is 6. The van der Waals surface area contributed by atoms with Gasteiger partial charge in [-0.15, -0.1) is 0 Å². The van der Waals surface area contributed by atoms with Gasteiger partial charge in [0.1, 0.15) is 11.6 Å². The molecule has 25 heavy (non-hydrogen) atoms. The van der Waals surface area contributed by atoms with Crippen LogP contribution in [0.15, 0.2) is 36.4 Å². The molecule has 0 aliphatic heterocycles. The number of hydrogen-bond donors (Lipinski definition) is 1. The van der Waals surface area contributed by atoms with E-state index in [0.717, 1.165) is 0 Å². The number of nitrogens with zero attached hydrogens (tertiary/aromatic N) is 1. The molecule has 0 fully saturated rings. The molecule has 1 amide bonds. The van der Waals surface area contributed by atoms with Gasteiger partial charge in [-0.2, -0.15) is 0 Å². The predicted octanol–water partition coefficient (Wildman–Crippen LogP) is 4.60. The Labute approximate surface area is 156 Å². The fourth-order valence-electron chi connectivity index (χ4n) is 2.28. The third-order valence-electron chi connectivity index (χ3n) is 3.93. The molecule has 2 rings (SSSR count). The Hall–Kier alpha value is -1.82. The zero-order valence-corrected chi connectivity index (χ0v) is 15.7. The van der Waals surface area contributed by atoms with E-state index in [0.29, 0.717) is 27.0 Å². The summed E-state index contributed by atoms with van der Waals surface area (Å²) >= 11 is 12.0. The number of methoxy groups -OCH3 is 1. The van der Waals surface area contributed by atoms with Crippen LogP contribution >= 0.6 is 23.2 Å². The fourth-order valence-corrected chi connectivity index (χ4v) is 2.68. The number of carbonyl (C=O) groups is 1. The second-order valence-corrected chi connectivity index (χ2v) is 6.47. The molecular weight excluding hydrogens is 366 g/mol. The molecule has 1 N–H and O–H groups in total. The van der Waals surface area contributed by atoms with E-state index in [4.69, 9.17) is 27.9 Å². The van der Waals surface area contributed by atoms with E-state index < -0.39 is 11.9 Å². The van der Waals surface area contributed by atoms with Crippen LogP contribution in [0.1, 0.15) is 12.5 Å². The first-order chi connectivity index (χ1) is 11.8. The van der Waals surface area contributed by atoms with E-state index in [-0.39, 0.29) is 12.5 Å². The molecule has 0 radical (unpaired) electrons.